The average Bonchev–Trinajstić information content (AvgIpc) is 2.89. The second kappa shape index (κ2) is 10.1. The van der Waals surface area contributed by atoms with Gasteiger partial charge < -0.3 is 20.5 Å². The Labute approximate surface area is 178 Å². The van der Waals surface area contributed by atoms with Crippen LogP contribution in [-0.4, -0.2) is 42.7 Å². The molecule has 1 heterocycles. The molecule has 0 radical (unpaired) electrons. The zero-order valence-corrected chi connectivity index (χ0v) is 17.0. The molecular weight excluding hydrogens is 427 g/mol. The fourth-order valence-electron chi connectivity index (χ4n) is 3.00. The van der Waals surface area contributed by atoms with Crippen molar-refractivity contribution in [1.29, 1.82) is 0 Å². The van der Waals surface area contributed by atoms with Crippen LogP contribution in [0.2, 0.25) is 10.0 Å². The highest BCUT2D eigenvalue weighted by Gasteiger charge is 2.29. The molecule has 0 aromatic heterocycles. The van der Waals surface area contributed by atoms with Crippen LogP contribution in [0, 0.1) is 0 Å². The molecule has 1 amide bonds. The maximum Gasteiger partial charge on any atom is 0.336 e. The van der Waals surface area contributed by atoms with E-state index in [1.165, 1.54) is 12.1 Å². The molecule has 2 atom stereocenters. The van der Waals surface area contributed by atoms with Gasteiger partial charge >= 0.3 is 5.97 Å². The number of benzene rings is 2. The van der Waals surface area contributed by atoms with Crippen molar-refractivity contribution in [2.75, 3.05) is 19.7 Å². The number of carbonyl (C=O) groups excluding carboxylic acids is 1. The molecule has 150 valence electrons. The highest BCUT2D eigenvalue weighted by atomic mass is 35.5. The molecule has 0 aliphatic carbocycles. The molecule has 28 heavy (non-hydrogen) atoms. The minimum absolute atomic E-state index is 0. The highest BCUT2D eigenvalue weighted by Crippen LogP contribution is 2.29. The van der Waals surface area contributed by atoms with E-state index in [9.17, 15) is 14.7 Å². The monoisotopic (exact) mass is 444 g/mol. The van der Waals surface area contributed by atoms with Crippen LogP contribution in [0.3, 0.4) is 0 Å². The van der Waals surface area contributed by atoms with Gasteiger partial charge in [-0.05, 0) is 29.8 Å². The minimum atomic E-state index is -1.16. The summed E-state index contributed by atoms with van der Waals surface area (Å²) in [5, 5.41) is 16.2. The van der Waals surface area contributed by atoms with E-state index in [2.05, 4.69) is 10.6 Å². The number of hydrogen-bond acceptors (Lipinski definition) is 4. The van der Waals surface area contributed by atoms with E-state index in [0.717, 1.165) is 5.56 Å². The van der Waals surface area contributed by atoms with Crippen LogP contribution >= 0.6 is 35.6 Å². The van der Waals surface area contributed by atoms with Crippen LogP contribution in [-0.2, 0) is 4.74 Å². The van der Waals surface area contributed by atoms with Crippen LogP contribution in [0.15, 0.2) is 42.5 Å². The lowest BCUT2D eigenvalue weighted by Gasteiger charge is -2.26. The van der Waals surface area contributed by atoms with Gasteiger partial charge in [0.1, 0.15) is 6.10 Å². The summed E-state index contributed by atoms with van der Waals surface area (Å²) < 4.78 is 5.92. The maximum atomic E-state index is 12.7. The molecule has 1 aliphatic heterocycles. The van der Waals surface area contributed by atoms with Gasteiger partial charge in [0.15, 0.2) is 0 Å². The van der Waals surface area contributed by atoms with Crippen molar-refractivity contribution in [2.45, 2.75) is 12.1 Å². The lowest BCUT2D eigenvalue weighted by atomic mass is 10.0. The van der Waals surface area contributed by atoms with Gasteiger partial charge in [0.2, 0.25) is 0 Å². The maximum absolute atomic E-state index is 12.7. The van der Waals surface area contributed by atoms with Crippen LogP contribution in [0.25, 0.3) is 0 Å². The summed E-state index contributed by atoms with van der Waals surface area (Å²) in [6, 6.07) is 10.9. The Hall–Kier alpha value is -1.83. The SMILES string of the molecule is Cl.O=C(O)c1ccccc1C(=O)N[C@@H]1CNCCO[C@H]1c1ccc(Cl)c(Cl)c1. The van der Waals surface area contributed by atoms with Crippen molar-refractivity contribution < 1.29 is 19.4 Å². The molecule has 0 unspecified atom stereocenters. The molecular formula is C19H19Cl3N2O4. The van der Waals surface area contributed by atoms with Crippen LogP contribution in [0.5, 0.6) is 0 Å². The van der Waals surface area contributed by atoms with Gasteiger partial charge in [0.25, 0.3) is 5.91 Å². The van der Waals surface area contributed by atoms with Gasteiger partial charge in [-0.2, -0.15) is 0 Å². The van der Waals surface area contributed by atoms with Crippen molar-refractivity contribution in [3.05, 3.63) is 69.2 Å². The number of amides is 1. The van der Waals surface area contributed by atoms with Crippen molar-refractivity contribution in [1.82, 2.24) is 10.6 Å². The Morgan fingerprint density at radius 3 is 2.50 bits per heavy atom. The molecule has 0 spiro atoms. The van der Waals surface area contributed by atoms with Gasteiger partial charge in [0.05, 0.1) is 33.8 Å². The third kappa shape index (κ3) is 5.16. The van der Waals surface area contributed by atoms with Gasteiger partial charge in [-0.15, -0.1) is 12.4 Å². The fraction of sp³-hybridized carbons (Fsp3) is 0.263. The molecule has 1 aliphatic rings. The zero-order chi connectivity index (χ0) is 19.4. The molecule has 6 nitrogen and oxygen atoms in total. The Morgan fingerprint density at radius 1 is 1.11 bits per heavy atom. The normalized spacial score (nSPS) is 19.2. The molecule has 3 N–H and O–H groups in total. The standard InChI is InChI=1S/C19H18Cl2N2O4.ClH/c20-14-6-5-11(9-15(14)21)17-16(10-22-7-8-27-17)23-18(24)12-3-1-2-4-13(12)19(25)26;/h1-6,9,16-17,22H,7-8,10H2,(H,23,24)(H,25,26);1H/t16-,17+;/m1./s1. The number of rotatable bonds is 4. The van der Waals surface area contributed by atoms with E-state index in [0.29, 0.717) is 29.7 Å². The largest absolute Gasteiger partial charge is 0.478 e. The van der Waals surface area contributed by atoms with E-state index in [1.807, 2.05) is 0 Å². The van der Waals surface area contributed by atoms with Crippen molar-refractivity contribution in [3.8, 4) is 0 Å². The van der Waals surface area contributed by atoms with Gasteiger partial charge in [-0.3, -0.25) is 4.79 Å². The third-order valence-electron chi connectivity index (χ3n) is 4.30. The molecule has 3 rings (SSSR count). The molecule has 0 bridgehead atoms. The quantitative estimate of drug-likeness (QED) is 0.670. The van der Waals surface area contributed by atoms with Crippen LogP contribution in [0.1, 0.15) is 32.4 Å². The number of carbonyl (C=O) groups is 2. The highest BCUT2D eigenvalue weighted by molar-refractivity contribution is 6.42. The Balaban J connectivity index is 0.00000280. The summed E-state index contributed by atoms with van der Waals surface area (Å²) in [6.45, 7) is 1.56. The molecule has 1 fully saturated rings. The lowest BCUT2D eigenvalue weighted by molar-refractivity contribution is 0.0416. The second-order valence-corrected chi connectivity index (χ2v) is 6.91. The average molecular weight is 446 g/mol. The Kier molecular flexibility index (Phi) is 8.10. The Morgan fingerprint density at radius 2 is 1.82 bits per heavy atom. The summed E-state index contributed by atoms with van der Waals surface area (Å²) in [5.74, 6) is -1.63. The number of carboxylic acid groups (broad SMARTS) is 1. The first kappa shape index (κ1) is 22.5. The van der Waals surface area contributed by atoms with Crippen LogP contribution < -0.4 is 10.6 Å². The van der Waals surface area contributed by atoms with E-state index in [4.69, 9.17) is 27.9 Å². The predicted octanol–water partition coefficient (Wildman–Crippen LogP) is 3.57. The topological polar surface area (TPSA) is 87.7 Å². The first-order valence-electron chi connectivity index (χ1n) is 8.38. The summed E-state index contributed by atoms with van der Waals surface area (Å²) in [7, 11) is 0. The predicted molar refractivity (Wildman–Crippen MR) is 110 cm³/mol. The molecule has 2 aromatic carbocycles. The van der Waals surface area contributed by atoms with Gasteiger partial charge in [0, 0.05) is 13.1 Å². The first-order valence-corrected chi connectivity index (χ1v) is 9.13. The smallest absolute Gasteiger partial charge is 0.336 e. The molecule has 9 heteroatoms. The number of carboxylic acids is 1. The van der Waals surface area contributed by atoms with Crippen molar-refractivity contribution in [2.24, 2.45) is 0 Å². The number of aromatic carboxylic acids is 1. The molecule has 1 saturated heterocycles. The fourth-order valence-corrected chi connectivity index (χ4v) is 3.30. The first-order chi connectivity index (χ1) is 13.0. The minimum Gasteiger partial charge on any atom is -0.478 e. The number of nitrogens with one attached hydrogen (secondary N) is 2. The number of halogens is 3. The summed E-state index contributed by atoms with van der Waals surface area (Å²) in [4.78, 5) is 24.1. The van der Waals surface area contributed by atoms with E-state index in [1.54, 1.807) is 30.3 Å². The molecule has 0 saturated carbocycles. The van der Waals surface area contributed by atoms with Crippen molar-refractivity contribution in [3.63, 3.8) is 0 Å². The summed E-state index contributed by atoms with van der Waals surface area (Å²) >= 11 is 12.1. The third-order valence-corrected chi connectivity index (χ3v) is 5.04. The zero-order valence-electron chi connectivity index (χ0n) is 14.7. The van der Waals surface area contributed by atoms with E-state index in [-0.39, 0.29) is 23.5 Å². The second-order valence-electron chi connectivity index (χ2n) is 6.10. The summed E-state index contributed by atoms with van der Waals surface area (Å²) in [5.41, 5.74) is 0.829. The van der Waals surface area contributed by atoms with E-state index < -0.39 is 24.0 Å². The molecule has 2 aromatic rings. The number of hydrogen-bond donors (Lipinski definition) is 3. The lowest BCUT2D eigenvalue weighted by Crippen LogP contribution is -2.45. The number of ether oxygens (including phenoxy) is 1. The summed E-state index contributed by atoms with van der Waals surface area (Å²) in [6.07, 6.45) is -0.448. The Bertz CT molecular complexity index is 863. The van der Waals surface area contributed by atoms with E-state index >= 15 is 0 Å². The van der Waals surface area contributed by atoms with Crippen LogP contribution in [0.4, 0.5) is 0 Å². The van der Waals surface area contributed by atoms with Gasteiger partial charge in [-0.25, -0.2) is 4.79 Å². The van der Waals surface area contributed by atoms with Gasteiger partial charge in [-0.1, -0.05) is 41.4 Å². The van der Waals surface area contributed by atoms with Crippen molar-refractivity contribution >= 4 is 47.5 Å².